The molecule has 1 aromatic rings. The fraction of sp³-hybridized carbons (Fsp3) is 0.588. The fourth-order valence-corrected chi connectivity index (χ4v) is 2.18. The molecule has 1 unspecified atom stereocenters. The summed E-state index contributed by atoms with van der Waals surface area (Å²) in [5.74, 6) is 0.745. The Kier molecular flexibility index (Phi) is 7.02. The first-order chi connectivity index (χ1) is 10.4. The Labute approximate surface area is 132 Å². The van der Waals surface area contributed by atoms with Gasteiger partial charge in [-0.15, -0.1) is 0 Å². The first-order valence-corrected chi connectivity index (χ1v) is 7.58. The molecule has 0 spiro atoms. The summed E-state index contributed by atoms with van der Waals surface area (Å²) in [7, 11) is 3.23. The van der Waals surface area contributed by atoms with Crippen LogP contribution in [0.4, 0.5) is 5.69 Å². The first-order valence-electron chi connectivity index (χ1n) is 7.58. The van der Waals surface area contributed by atoms with Crippen molar-refractivity contribution in [3.63, 3.8) is 0 Å². The molecule has 0 bridgehead atoms. The summed E-state index contributed by atoms with van der Waals surface area (Å²) in [5.41, 5.74) is 0.871. The number of aliphatic carboxylic acids is 1. The smallest absolute Gasteiger partial charge is 0.308 e. The number of ether oxygens (including phenoxy) is 2. The van der Waals surface area contributed by atoms with Crippen LogP contribution in [-0.4, -0.2) is 38.4 Å². The molecule has 0 fully saturated rings. The van der Waals surface area contributed by atoms with Gasteiger partial charge in [-0.25, -0.2) is 0 Å². The number of methoxy groups -OCH3 is 2. The molecule has 5 nitrogen and oxygen atoms in total. The quantitative estimate of drug-likeness (QED) is 0.758. The lowest BCUT2D eigenvalue weighted by molar-refractivity contribution is -0.140. The van der Waals surface area contributed by atoms with Crippen LogP contribution in [0.3, 0.4) is 0 Å². The van der Waals surface area contributed by atoms with E-state index >= 15 is 0 Å². The second kappa shape index (κ2) is 8.51. The minimum atomic E-state index is -0.795. The number of hydrogen-bond donors (Lipinski definition) is 1. The summed E-state index contributed by atoms with van der Waals surface area (Å²) in [6.45, 7) is 7.24. The highest BCUT2D eigenvalue weighted by atomic mass is 16.5. The Morgan fingerprint density at radius 3 is 2.41 bits per heavy atom. The van der Waals surface area contributed by atoms with E-state index in [1.807, 2.05) is 18.2 Å². The van der Waals surface area contributed by atoms with Crippen LogP contribution in [0.25, 0.3) is 0 Å². The van der Waals surface area contributed by atoms with Gasteiger partial charge in [0.15, 0.2) is 0 Å². The third-order valence-electron chi connectivity index (χ3n) is 3.62. The number of rotatable bonds is 9. The van der Waals surface area contributed by atoms with Crippen LogP contribution in [0.5, 0.6) is 11.5 Å². The second-order valence-corrected chi connectivity index (χ2v) is 5.91. The zero-order valence-corrected chi connectivity index (χ0v) is 14.1. The van der Waals surface area contributed by atoms with E-state index in [9.17, 15) is 9.90 Å². The number of nitrogens with zero attached hydrogens (tertiary/aromatic N) is 1. The number of carboxylic acids is 1. The van der Waals surface area contributed by atoms with E-state index in [4.69, 9.17) is 9.47 Å². The Hall–Kier alpha value is -1.91. The van der Waals surface area contributed by atoms with Gasteiger partial charge in [-0.05, 0) is 24.5 Å². The van der Waals surface area contributed by atoms with E-state index in [0.717, 1.165) is 30.2 Å². The normalized spacial score (nSPS) is 12.1. The Morgan fingerprint density at radius 2 is 1.91 bits per heavy atom. The topological polar surface area (TPSA) is 59.0 Å². The molecule has 5 heteroatoms. The van der Waals surface area contributed by atoms with Gasteiger partial charge in [0.2, 0.25) is 0 Å². The summed E-state index contributed by atoms with van der Waals surface area (Å²) in [6.07, 6.45) is 0.979. The van der Waals surface area contributed by atoms with Crippen molar-refractivity contribution in [3.8, 4) is 11.5 Å². The number of benzene rings is 1. The van der Waals surface area contributed by atoms with Crippen LogP contribution < -0.4 is 14.4 Å². The maximum atomic E-state index is 11.2. The molecule has 0 aliphatic heterocycles. The predicted octanol–water partition coefficient (Wildman–Crippen LogP) is 3.28. The van der Waals surface area contributed by atoms with Gasteiger partial charge in [-0.3, -0.25) is 4.79 Å². The molecule has 0 amide bonds. The third kappa shape index (κ3) is 5.13. The molecular weight excluding hydrogens is 282 g/mol. The molecule has 0 saturated carbocycles. The van der Waals surface area contributed by atoms with Gasteiger partial charge in [-0.2, -0.15) is 0 Å². The van der Waals surface area contributed by atoms with E-state index in [1.165, 1.54) is 0 Å². The number of hydrogen-bond acceptors (Lipinski definition) is 4. The summed E-state index contributed by atoms with van der Waals surface area (Å²) in [4.78, 5) is 13.3. The lowest BCUT2D eigenvalue weighted by atomic mass is 10.1. The molecule has 1 aromatic carbocycles. The molecule has 1 N–H and O–H groups in total. The first kappa shape index (κ1) is 18.1. The molecule has 22 heavy (non-hydrogen) atoms. The minimum absolute atomic E-state index is 0.436. The minimum Gasteiger partial charge on any atom is -0.497 e. The molecule has 0 aliphatic rings. The SMILES string of the molecule is COc1ccc(OC)c(N(CCC(C)C)CC(C)C(=O)O)c1. The maximum absolute atomic E-state index is 11.2. The molecule has 0 aromatic heterocycles. The van der Waals surface area contributed by atoms with E-state index in [2.05, 4.69) is 18.7 Å². The molecule has 124 valence electrons. The van der Waals surface area contributed by atoms with Crippen LogP contribution in [-0.2, 0) is 4.79 Å². The lowest BCUT2D eigenvalue weighted by Crippen LogP contribution is -2.33. The van der Waals surface area contributed by atoms with Crippen LogP contribution in [0.1, 0.15) is 27.2 Å². The molecule has 0 saturated heterocycles. The van der Waals surface area contributed by atoms with Crippen LogP contribution in [0, 0.1) is 11.8 Å². The lowest BCUT2D eigenvalue weighted by Gasteiger charge is -2.29. The summed E-state index contributed by atoms with van der Waals surface area (Å²) >= 11 is 0. The highest BCUT2D eigenvalue weighted by Crippen LogP contribution is 2.33. The number of carbonyl (C=O) groups is 1. The van der Waals surface area contributed by atoms with Gasteiger partial charge in [0.05, 0.1) is 25.8 Å². The van der Waals surface area contributed by atoms with E-state index in [1.54, 1.807) is 21.1 Å². The van der Waals surface area contributed by atoms with E-state index in [-0.39, 0.29) is 0 Å². The summed E-state index contributed by atoms with van der Waals surface area (Å²) < 4.78 is 10.7. The van der Waals surface area contributed by atoms with Crippen LogP contribution in [0.15, 0.2) is 18.2 Å². The largest absolute Gasteiger partial charge is 0.497 e. The van der Waals surface area contributed by atoms with Crippen molar-refractivity contribution in [1.82, 2.24) is 0 Å². The van der Waals surface area contributed by atoms with Crippen molar-refractivity contribution >= 4 is 11.7 Å². The van der Waals surface area contributed by atoms with Crippen molar-refractivity contribution in [3.05, 3.63) is 18.2 Å². The maximum Gasteiger partial charge on any atom is 0.308 e. The molecular formula is C17H27NO4. The molecule has 0 heterocycles. The second-order valence-electron chi connectivity index (χ2n) is 5.91. The average Bonchev–Trinajstić information content (AvgIpc) is 2.50. The van der Waals surface area contributed by atoms with E-state index in [0.29, 0.717) is 12.5 Å². The van der Waals surface area contributed by atoms with Gasteiger partial charge in [-0.1, -0.05) is 20.8 Å². The number of anilines is 1. The molecule has 0 aliphatic carbocycles. The van der Waals surface area contributed by atoms with Crippen LogP contribution >= 0.6 is 0 Å². The Balaban J connectivity index is 3.09. The third-order valence-corrected chi connectivity index (χ3v) is 3.62. The van der Waals surface area contributed by atoms with Crippen molar-refractivity contribution in [1.29, 1.82) is 0 Å². The van der Waals surface area contributed by atoms with Crippen LogP contribution in [0.2, 0.25) is 0 Å². The zero-order chi connectivity index (χ0) is 16.7. The number of carboxylic acid groups (broad SMARTS) is 1. The van der Waals surface area contributed by atoms with Crippen molar-refractivity contribution in [2.75, 3.05) is 32.2 Å². The van der Waals surface area contributed by atoms with Crippen molar-refractivity contribution in [2.24, 2.45) is 11.8 Å². The highest BCUT2D eigenvalue weighted by Gasteiger charge is 2.20. The average molecular weight is 309 g/mol. The zero-order valence-electron chi connectivity index (χ0n) is 14.1. The van der Waals surface area contributed by atoms with Gasteiger partial charge in [0.25, 0.3) is 0 Å². The van der Waals surface area contributed by atoms with Gasteiger partial charge in [0, 0.05) is 19.2 Å². The molecule has 1 rings (SSSR count). The highest BCUT2D eigenvalue weighted by molar-refractivity contribution is 5.71. The van der Waals surface area contributed by atoms with Crippen molar-refractivity contribution in [2.45, 2.75) is 27.2 Å². The monoisotopic (exact) mass is 309 g/mol. The molecule has 1 atom stereocenters. The predicted molar refractivity (Wildman–Crippen MR) is 88.0 cm³/mol. The standard InChI is InChI=1S/C17H27NO4/c1-12(2)8-9-18(11-13(3)17(19)20)15-10-14(21-4)6-7-16(15)22-5/h6-7,10,12-13H,8-9,11H2,1-5H3,(H,19,20). The van der Waals surface area contributed by atoms with E-state index < -0.39 is 11.9 Å². The van der Waals surface area contributed by atoms with Crippen molar-refractivity contribution < 1.29 is 19.4 Å². The fourth-order valence-electron chi connectivity index (χ4n) is 2.18. The Morgan fingerprint density at radius 1 is 1.23 bits per heavy atom. The Bertz CT molecular complexity index is 488. The van der Waals surface area contributed by atoms with Gasteiger partial charge >= 0.3 is 5.97 Å². The van der Waals surface area contributed by atoms with Gasteiger partial charge < -0.3 is 19.5 Å². The molecule has 0 radical (unpaired) electrons. The summed E-state index contributed by atoms with van der Waals surface area (Å²) in [6, 6.07) is 5.58. The summed E-state index contributed by atoms with van der Waals surface area (Å²) in [5, 5.41) is 9.20. The van der Waals surface area contributed by atoms with Gasteiger partial charge in [0.1, 0.15) is 11.5 Å².